The predicted molar refractivity (Wildman–Crippen MR) is 135 cm³/mol. The van der Waals surface area contributed by atoms with E-state index in [-0.39, 0.29) is 5.91 Å². The zero-order valence-electron chi connectivity index (χ0n) is 19.9. The maximum Gasteiger partial charge on any atom is 0.251 e. The maximum atomic E-state index is 12.5. The van der Waals surface area contributed by atoms with E-state index in [0.29, 0.717) is 24.6 Å². The van der Waals surface area contributed by atoms with Crippen molar-refractivity contribution in [2.45, 2.75) is 52.1 Å². The number of nitrogens with zero attached hydrogens (tertiary/aromatic N) is 3. The molecule has 0 bridgehead atoms. The Morgan fingerprint density at radius 1 is 1.03 bits per heavy atom. The number of para-hydroxylation sites is 2. The summed E-state index contributed by atoms with van der Waals surface area (Å²) in [6.07, 6.45) is 6.26. The van der Waals surface area contributed by atoms with E-state index in [1.54, 1.807) is 24.5 Å². The van der Waals surface area contributed by atoms with Crippen molar-refractivity contribution < 1.29 is 9.53 Å². The third kappa shape index (κ3) is 5.81. The smallest absolute Gasteiger partial charge is 0.251 e. The highest BCUT2D eigenvalue weighted by atomic mass is 16.5. The molecule has 1 N–H and O–H groups in total. The Bertz CT molecular complexity index is 1200. The normalized spacial score (nSPS) is 11.9. The zero-order chi connectivity index (χ0) is 23.8. The number of hydrogen-bond acceptors (Lipinski definition) is 4. The van der Waals surface area contributed by atoms with Gasteiger partial charge in [-0.2, -0.15) is 0 Å². The minimum Gasteiger partial charge on any atom is -0.494 e. The third-order valence-corrected chi connectivity index (χ3v) is 6.19. The summed E-state index contributed by atoms with van der Waals surface area (Å²) in [7, 11) is 0. The molecule has 176 valence electrons. The molecule has 4 aromatic rings. The van der Waals surface area contributed by atoms with Crippen molar-refractivity contribution >= 4 is 16.9 Å². The molecule has 0 saturated heterocycles. The summed E-state index contributed by atoms with van der Waals surface area (Å²) in [6.45, 7) is 6.31. The van der Waals surface area contributed by atoms with Crippen molar-refractivity contribution in [3.05, 3.63) is 90.0 Å². The van der Waals surface area contributed by atoms with Gasteiger partial charge in [-0.15, -0.1) is 0 Å². The van der Waals surface area contributed by atoms with Gasteiger partial charge in [-0.05, 0) is 67.1 Å². The predicted octanol–water partition coefficient (Wildman–Crippen LogP) is 5.73. The van der Waals surface area contributed by atoms with E-state index in [1.807, 2.05) is 18.2 Å². The molecule has 0 aliphatic rings. The second-order valence-electron chi connectivity index (χ2n) is 8.52. The molecule has 0 aliphatic carbocycles. The van der Waals surface area contributed by atoms with Gasteiger partial charge in [0, 0.05) is 24.5 Å². The molecule has 6 nitrogen and oxygen atoms in total. The lowest BCUT2D eigenvalue weighted by Crippen LogP contribution is -2.24. The van der Waals surface area contributed by atoms with Gasteiger partial charge in [0.15, 0.2) is 0 Å². The highest BCUT2D eigenvalue weighted by molar-refractivity contribution is 5.93. The van der Waals surface area contributed by atoms with Crippen LogP contribution >= 0.6 is 0 Å². The van der Waals surface area contributed by atoms with Gasteiger partial charge < -0.3 is 14.6 Å². The van der Waals surface area contributed by atoms with Crippen molar-refractivity contribution in [1.29, 1.82) is 0 Å². The molecule has 2 heterocycles. The van der Waals surface area contributed by atoms with Crippen LogP contribution in [0.4, 0.5) is 0 Å². The summed E-state index contributed by atoms with van der Waals surface area (Å²) in [5.74, 6) is 2.21. The second-order valence-corrected chi connectivity index (χ2v) is 8.52. The number of rotatable bonds is 11. The zero-order valence-corrected chi connectivity index (χ0v) is 19.9. The van der Waals surface area contributed by atoms with Crippen molar-refractivity contribution in [2.75, 3.05) is 6.61 Å². The molecule has 0 spiro atoms. The van der Waals surface area contributed by atoms with E-state index in [1.165, 1.54) is 5.56 Å². The maximum absolute atomic E-state index is 12.5. The molecule has 2 aromatic carbocycles. The number of amides is 1. The summed E-state index contributed by atoms with van der Waals surface area (Å²) in [5, 5.41) is 2.98. The van der Waals surface area contributed by atoms with Crippen molar-refractivity contribution in [1.82, 2.24) is 19.9 Å². The summed E-state index contributed by atoms with van der Waals surface area (Å²) >= 11 is 0. The molecule has 34 heavy (non-hydrogen) atoms. The average molecular weight is 457 g/mol. The standard InChI is InChI=1S/C28H32N4O2/c1-3-21(2)22-10-12-24(13-11-22)34-19-7-6-18-32-26-9-5-4-8-25(26)31-27(32)20-30-28(33)23-14-16-29-17-15-23/h4-5,8-17,21H,3,6-7,18-20H2,1-2H3,(H,30,33). The molecule has 1 amide bonds. The SMILES string of the molecule is CCC(C)c1ccc(OCCCCn2c(CNC(=O)c3ccncc3)nc3ccccc32)cc1. The first-order chi connectivity index (χ1) is 16.7. The number of hydrogen-bond donors (Lipinski definition) is 1. The van der Waals surface area contributed by atoms with Crippen LogP contribution in [0.3, 0.4) is 0 Å². The molecule has 6 heteroatoms. The topological polar surface area (TPSA) is 69.0 Å². The number of benzene rings is 2. The third-order valence-electron chi connectivity index (χ3n) is 6.19. The number of aromatic nitrogens is 3. The van der Waals surface area contributed by atoms with Gasteiger partial charge in [0.05, 0.1) is 24.2 Å². The van der Waals surface area contributed by atoms with Gasteiger partial charge in [-0.3, -0.25) is 9.78 Å². The second kappa shape index (κ2) is 11.5. The fourth-order valence-electron chi connectivity index (χ4n) is 3.96. The van der Waals surface area contributed by atoms with Crippen LogP contribution in [0, 0.1) is 0 Å². The van der Waals surface area contributed by atoms with E-state index in [4.69, 9.17) is 9.72 Å². The lowest BCUT2D eigenvalue weighted by atomic mass is 9.99. The van der Waals surface area contributed by atoms with E-state index in [0.717, 1.165) is 48.4 Å². The first-order valence-electron chi connectivity index (χ1n) is 12.0. The number of imidazole rings is 1. The van der Waals surface area contributed by atoms with Gasteiger partial charge in [0.25, 0.3) is 5.91 Å². The van der Waals surface area contributed by atoms with Gasteiger partial charge in [0.2, 0.25) is 0 Å². The van der Waals surface area contributed by atoms with E-state index < -0.39 is 0 Å². The van der Waals surface area contributed by atoms with Crippen LogP contribution in [0.2, 0.25) is 0 Å². The van der Waals surface area contributed by atoms with Gasteiger partial charge in [0.1, 0.15) is 11.6 Å². The number of fused-ring (bicyclic) bond motifs is 1. The highest BCUT2D eigenvalue weighted by Crippen LogP contribution is 2.22. The van der Waals surface area contributed by atoms with Crippen molar-refractivity contribution in [3.63, 3.8) is 0 Å². The van der Waals surface area contributed by atoms with Crippen LogP contribution in [0.1, 0.15) is 60.8 Å². The number of ether oxygens (including phenoxy) is 1. The quantitative estimate of drug-likeness (QED) is 0.293. The number of carbonyl (C=O) groups is 1. The molecule has 4 rings (SSSR count). The first-order valence-corrected chi connectivity index (χ1v) is 12.0. The Labute approximate surface area is 201 Å². The monoisotopic (exact) mass is 456 g/mol. The van der Waals surface area contributed by atoms with Gasteiger partial charge >= 0.3 is 0 Å². The molecule has 1 unspecified atom stereocenters. The molecule has 2 aromatic heterocycles. The number of unbranched alkanes of at least 4 members (excludes halogenated alkanes) is 1. The van der Waals surface area contributed by atoms with Crippen LogP contribution in [0.5, 0.6) is 5.75 Å². The van der Waals surface area contributed by atoms with E-state index >= 15 is 0 Å². The molecule has 0 saturated carbocycles. The number of pyridine rings is 1. The summed E-state index contributed by atoms with van der Waals surface area (Å²) in [5.41, 5.74) is 3.96. The fourth-order valence-corrected chi connectivity index (χ4v) is 3.96. The lowest BCUT2D eigenvalue weighted by Gasteiger charge is -2.12. The summed E-state index contributed by atoms with van der Waals surface area (Å²) in [4.78, 5) is 21.2. The number of nitrogens with one attached hydrogen (secondary N) is 1. The van der Waals surface area contributed by atoms with Crippen LogP contribution in [0.15, 0.2) is 73.1 Å². The van der Waals surface area contributed by atoms with Gasteiger partial charge in [-0.25, -0.2) is 4.98 Å². The number of aryl methyl sites for hydroxylation is 1. The molecule has 0 aliphatic heterocycles. The Balaban J connectivity index is 1.32. The summed E-state index contributed by atoms with van der Waals surface area (Å²) in [6, 6.07) is 19.9. The minimum atomic E-state index is -0.131. The highest BCUT2D eigenvalue weighted by Gasteiger charge is 2.12. The lowest BCUT2D eigenvalue weighted by molar-refractivity contribution is 0.0949. The van der Waals surface area contributed by atoms with Crippen molar-refractivity contribution in [3.8, 4) is 5.75 Å². The molecule has 0 fully saturated rings. The summed E-state index contributed by atoms with van der Waals surface area (Å²) < 4.78 is 8.15. The fraction of sp³-hybridized carbons (Fsp3) is 0.321. The minimum absolute atomic E-state index is 0.131. The molecular weight excluding hydrogens is 424 g/mol. The Hall–Kier alpha value is -3.67. The van der Waals surface area contributed by atoms with E-state index in [9.17, 15) is 4.79 Å². The largest absolute Gasteiger partial charge is 0.494 e. The molecule has 1 atom stereocenters. The Kier molecular flexibility index (Phi) is 7.91. The van der Waals surface area contributed by atoms with E-state index in [2.05, 4.69) is 59.0 Å². The average Bonchev–Trinajstić information content (AvgIpc) is 3.25. The first kappa shape index (κ1) is 23.5. The van der Waals surface area contributed by atoms with Crippen LogP contribution in [0.25, 0.3) is 11.0 Å². The Morgan fingerprint density at radius 3 is 2.56 bits per heavy atom. The van der Waals surface area contributed by atoms with Gasteiger partial charge in [-0.1, -0.05) is 38.1 Å². The van der Waals surface area contributed by atoms with Crippen molar-refractivity contribution in [2.24, 2.45) is 0 Å². The Morgan fingerprint density at radius 2 is 1.79 bits per heavy atom. The molecular formula is C28H32N4O2. The van der Waals surface area contributed by atoms with Crippen LogP contribution < -0.4 is 10.1 Å². The van der Waals surface area contributed by atoms with Crippen LogP contribution in [-0.2, 0) is 13.1 Å². The number of carbonyl (C=O) groups excluding carboxylic acids is 1. The molecule has 0 radical (unpaired) electrons. The van der Waals surface area contributed by atoms with Crippen LogP contribution in [-0.4, -0.2) is 27.0 Å².